The van der Waals surface area contributed by atoms with Gasteiger partial charge >= 0.3 is 0 Å². The Balaban J connectivity index is 1.84. The van der Waals surface area contributed by atoms with Gasteiger partial charge in [-0.15, -0.1) is 0 Å². The lowest BCUT2D eigenvalue weighted by molar-refractivity contribution is 0.0299. The van der Waals surface area contributed by atoms with E-state index in [1.807, 2.05) is 37.2 Å². The lowest BCUT2D eigenvalue weighted by Crippen LogP contribution is -2.35. The van der Waals surface area contributed by atoms with E-state index in [0.717, 1.165) is 16.9 Å². The number of nitrogens with zero attached hydrogens (tertiary/aromatic N) is 2. The van der Waals surface area contributed by atoms with E-state index < -0.39 is 5.60 Å². The first-order valence-corrected chi connectivity index (χ1v) is 9.71. The first-order chi connectivity index (χ1) is 13.7. The van der Waals surface area contributed by atoms with Crippen LogP contribution in [0.4, 0.5) is 0 Å². The van der Waals surface area contributed by atoms with Gasteiger partial charge in [-0.1, -0.05) is 18.2 Å². The van der Waals surface area contributed by atoms with Crippen LogP contribution in [0.25, 0.3) is 0 Å². The summed E-state index contributed by atoms with van der Waals surface area (Å²) in [7, 11) is 3.83. The molecule has 29 heavy (non-hydrogen) atoms. The number of benzene rings is 2. The molecule has 0 fully saturated rings. The largest absolute Gasteiger partial charge is 0.491 e. The maximum absolute atomic E-state index is 13.0. The van der Waals surface area contributed by atoms with Crippen molar-refractivity contribution < 1.29 is 19.4 Å². The fourth-order valence-electron chi connectivity index (χ4n) is 3.64. The number of ether oxygens (including phenoxy) is 1. The number of rotatable bonds is 5. The van der Waals surface area contributed by atoms with Crippen molar-refractivity contribution in [3.63, 3.8) is 0 Å². The highest BCUT2D eigenvalue weighted by molar-refractivity contribution is 5.97. The van der Waals surface area contributed by atoms with E-state index >= 15 is 0 Å². The molecule has 6 heteroatoms. The van der Waals surface area contributed by atoms with E-state index in [1.54, 1.807) is 36.1 Å². The summed E-state index contributed by atoms with van der Waals surface area (Å²) in [6.07, 6.45) is 0. The summed E-state index contributed by atoms with van der Waals surface area (Å²) in [6, 6.07) is 12.4. The standard InChI is InChI=1S/C23H28N2O4/c1-16(26)17-5-7-18(8-6-17)22(27)25-11-12-29-21-10-9-20(13-19(21)14-25)23(2,28)15-24(3)4/h5-10,13,28H,11-12,14-15H2,1-4H3. The predicted octanol–water partition coefficient (Wildman–Crippen LogP) is 2.69. The second-order valence-electron chi connectivity index (χ2n) is 8.04. The minimum absolute atomic E-state index is 0.0293. The Bertz CT molecular complexity index is 904. The fraction of sp³-hybridized carbons (Fsp3) is 0.391. The number of amides is 1. The Morgan fingerprint density at radius 3 is 2.41 bits per heavy atom. The molecule has 1 atom stereocenters. The lowest BCUT2D eigenvalue weighted by Gasteiger charge is -2.28. The number of hydrogen-bond donors (Lipinski definition) is 1. The number of carbonyl (C=O) groups excluding carboxylic acids is 2. The second-order valence-corrected chi connectivity index (χ2v) is 8.04. The van der Waals surface area contributed by atoms with Crippen molar-refractivity contribution in [3.05, 3.63) is 64.7 Å². The predicted molar refractivity (Wildman–Crippen MR) is 111 cm³/mol. The molecule has 1 N–H and O–H groups in total. The molecule has 1 amide bonds. The molecule has 154 valence electrons. The average molecular weight is 396 g/mol. The highest BCUT2D eigenvalue weighted by Gasteiger charge is 2.27. The van der Waals surface area contributed by atoms with Crippen molar-refractivity contribution in [2.75, 3.05) is 33.8 Å². The molecule has 6 nitrogen and oxygen atoms in total. The molecule has 2 aromatic rings. The summed E-state index contributed by atoms with van der Waals surface area (Å²) < 4.78 is 5.83. The molecule has 0 saturated heterocycles. The van der Waals surface area contributed by atoms with Crippen LogP contribution in [-0.2, 0) is 12.1 Å². The number of likely N-dealkylation sites (N-methyl/N-ethyl adjacent to an activating group) is 1. The van der Waals surface area contributed by atoms with E-state index in [4.69, 9.17) is 4.74 Å². The number of fused-ring (bicyclic) bond motifs is 1. The number of ketones is 1. The Kier molecular flexibility index (Phi) is 6.05. The van der Waals surface area contributed by atoms with Gasteiger partial charge in [-0.3, -0.25) is 9.59 Å². The number of carbonyl (C=O) groups is 2. The van der Waals surface area contributed by atoms with E-state index in [-0.39, 0.29) is 11.7 Å². The first kappa shape index (κ1) is 21.0. The molecule has 2 aromatic carbocycles. The van der Waals surface area contributed by atoms with Crippen molar-refractivity contribution in [1.82, 2.24) is 9.80 Å². The van der Waals surface area contributed by atoms with E-state index in [1.165, 1.54) is 6.92 Å². The maximum Gasteiger partial charge on any atom is 0.254 e. The molecular formula is C23H28N2O4. The van der Waals surface area contributed by atoms with Crippen LogP contribution in [0.2, 0.25) is 0 Å². The summed E-state index contributed by atoms with van der Waals surface area (Å²) in [4.78, 5) is 28.1. The van der Waals surface area contributed by atoms with Crippen molar-refractivity contribution in [3.8, 4) is 5.75 Å². The van der Waals surface area contributed by atoms with Crippen LogP contribution >= 0.6 is 0 Å². The molecule has 0 aromatic heterocycles. The zero-order valence-electron chi connectivity index (χ0n) is 17.4. The van der Waals surface area contributed by atoms with Crippen LogP contribution in [0.15, 0.2) is 42.5 Å². The number of hydrogen-bond acceptors (Lipinski definition) is 5. The summed E-state index contributed by atoms with van der Waals surface area (Å²) in [5, 5.41) is 10.9. The molecule has 1 unspecified atom stereocenters. The van der Waals surface area contributed by atoms with Crippen LogP contribution in [0.1, 0.15) is 45.7 Å². The lowest BCUT2D eigenvalue weighted by atomic mass is 9.93. The number of Topliss-reactive ketones (excluding diaryl/α,β-unsaturated/α-hetero) is 1. The van der Waals surface area contributed by atoms with Crippen LogP contribution in [-0.4, -0.2) is 60.4 Å². The monoisotopic (exact) mass is 396 g/mol. The minimum atomic E-state index is -1.01. The Hall–Kier alpha value is -2.70. The van der Waals surface area contributed by atoms with Gasteiger partial charge in [-0.05, 0) is 57.8 Å². The van der Waals surface area contributed by atoms with E-state index in [0.29, 0.717) is 37.4 Å². The molecule has 3 rings (SSSR count). The van der Waals surface area contributed by atoms with Gasteiger partial charge in [-0.2, -0.15) is 0 Å². The highest BCUT2D eigenvalue weighted by Crippen LogP contribution is 2.30. The van der Waals surface area contributed by atoms with Crippen molar-refractivity contribution in [2.24, 2.45) is 0 Å². The van der Waals surface area contributed by atoms with Crippen LogP contribution in [0.3, 0.4) is 0 Å². The Labute approximate surface area is 171 Å². The third kappa shape index (κ3) is 4.83. The molecule has 0 saturated carbocycles. The summed E-state index contributed by atoms with van der Waals surface area (Å²) in [5.41, 5.74) is 1.76. The quantitative estimate of drug-likeness (QED) is 0.787. The van der Waals surface area contributed by atoms with E-state index in [2.05, 4.69) is 0 Å². The summed E-state index contributed by atoms with van der Waals surface area (Å²) >= 11 is 0. The van der Waals surface area contributed by atoms with Gasteiger partial charge in [0, 0.05) is 29.8 Å². The first-order valence-electron chi connectivity index (χ1n) is 9.71. The van der Waals surface area contributed by atoms with Gasteiger partial charge < -0.3 is 19.6 Å². The molecule has 0 aliphatic carbocycles. The minimum Gasteiger partial charge on any atom is -0.491 e. The molecule has 0 radical (unpaired) electrons. The van der Waals surface area contributed by atoms with E-state index in [9.17, 15) is 14.7 Å². The zero-order valence-corrected chi connectivity index (χ0v) is 17.4. The van der Waals surface area contributed by atoms with Crippen molar-refractivity contribution >= 4 is 11.7 Å². The van der Waals surface area contributed by atoms with Crippen LogP contribution in [0, 0.1) is 0 Å². The maximum atomic E-state index is 13.0. The van der Waals surface area contributed by atoms with Gasteiger partial charge in [-0.25, -0.2) is 0 Å². The van der Waals surface area contributed by atoms with Gasteiger partial charge in [0.25, 0.3) is 5.91 Å². The summed E-state index contributed by atoms with van der Waals surface area (Å²) in [5.74, 6) is 0.594. The average Bonchev–Trinajstić information content (AvgIpc) is 2.88. The molecule has 0 bridgehead atoms. The SMILES string of the molecule is CC(=O)c1ccc(C(=O)N2CCOc3ccc(C(C)(O)CN(C)C)cc3C2)cc1. The second kappa shape index (κ2) is 8.35. The Morgan fingerprint density at radius 1 is 1.14 bits per heavy atom. The highest BCUT2D eigenvalue weighted by atomic mass is 16.5. The molecule has 1 aliphatic heterocycles. The van der Waals surface area contributed by atoms with Gasteiger partial charge in [0.05, 0.1) is 12.1 Å². The van der Waals surface area contributed by atoms with Gasteiger partial charge in [0.15, 0.2) is 5.78 Å². The number of aliphatic hydroxyl groups is 1. The molecule has 1 heterocycles. The van der Waals surface area contributed by atoms with Gasteiger partial charge in [0.2, 0.25) is 0 Å². The zero-order chi connectivity index (χ0) is 21.2. The Morgan fingerprint density at radius 2 is 1.79 bits per heavy atom. The summed E-state index contributed by atoms with van der Waals surface area (Å²) in [6.45, 7) is 5.03. The topological polar surface area (TPSA) is 70.1 Å². The molecule has 0 spiro atoms. The van der Waals surface area contributed by atoms with Crippen LogP contribution in [0.5, 0.6) is 5.75 Å². The smallest absolute Gasteiger partial charge is 0.254 e. The molecule has 1 aliphatic rings. The van der Waals surface area contributed by atoms with Crippen LogP contribution < -0.4 is 4.74 Å². The van der Waals surface area contributed by atoms with Crippen molar-refractivity contribution in [1.29, 1.82) is 0 Å². The van der Waals surface area contributed by atoms with Gasteiger partial charge in [0.1, 0.15) is 12.4 Å². The third-order valence-electron chi connectivity index (χ3n) is 5.11. The van der Waals surface area contributed by atoms with Crippen molar-refractivity contribution in [2.45, 2.75) is 26.0 Å². The third-order valence-corrected chi connectivity index (χ3v) is 5.11. The normalized spacial score (nSPS) is 15.9. The molecular weight excluding hydrogens is 368 g/mol. The fourth-order valence-corrected chi connectivity index (χ4v) is 3.64.